The second-order valence-corrected chi connectivity index (χ2v) is 10.2. The van der Waals surface area contributed by atoms with Crippen molar-refractivity contribution in [3.05, 3.63) is 52.5 Å². The van der Waals surface area contributed by atoms with E-state index in [4.69, 9.17) is 4.74 Å². The topological polar surface area (TPSA) is 102 Å². The van der Waals surface area contributed by atoms with Crippen LogP contribution in [0, 0.1) is 11.7 Å². The van der Waals surface area contributed by atoms with Gasteiger partial charge in [-0.3, -0.25) is 9.59 Å². The molecule has 192 valence electrons. The minimum atomic E-state index is -0.783. The Bertz CT molecular complexity index is 1130. The zero-order chi connectivity index (χ0) is 25.5. The van der Waals surface area contributed by atoms with Crippen molar-refractivity contribution in [2.24, 2.45) is 5.92 Å². The number of nitrogens with zero attached hydrogens (tertiary/aromatic N) is 5. The Hall–Kier alpha value is -3.18. The number of carbonyl (C=O) groups excluding carboxylic acids is 2. The van der Waals surface area contributed by atoms with Crippen molar-refractivity contribution in [2.75, 3.05) is 19.7 Å². The lowest BCUT2D eigenvalue weighted by Crippen LogP contribution is -2.47. The van der Waals surface area contributed by atoms with Crippen molar-refractivity contribution in [2.45, 2.75) is 51.8 Å². The zero-order valence-corrected chi connectivity index (χ0v) is 21.3. The Morgan fingerprint density at radius 3 is 2.75 bits per heavy atom. The van der Waals surface area contributed by atoms with Crippen LogP contribution in [0.25, 0.3) is 11.4 Å². The third kappa shape index (κ3) is 6.73. The molecule has 0 aliphatic carbocycles. The van der Waals surface area contributed by atoms with Crippen LogP contribution in [0.15, 0.2) is 41.8 Å². The van der Waals surface area contributed by atoms with Gasteiger partial charge in [0.2, 0.25) is 17.6 Å². The molecule has 11 heteroatoms. The number of carbonyl (C=O) groups is 2. The van der Waals surface area contributed by atoms with Gasteiger partial charge in [0.05, 0.1) is 6.10 Å². The molecular formula is C25H31FN6O3S. The number of tetrazole rings is 1. The van der Waals surface area contributed by atoms with Gasteiger partial charge < -0.3 is 15.0 Å². The molecule has 3 heterocycles. The largest absolute Gasteiger partial charge is 0.376 e. The molecule has 4 rings (SSSR count). The minimum absolute atomic E-state index is 0.140. The summed E-state index contributed by atoms with van der Waals surface area (Å²) >= 11 is 1.44. The quantitative estimate of drug-likeness (QED) is 0.421. The van der Waals surface area contributed by atoms with Crippen LogP contribution in [0.3, 0.4) is 0 Å². The third-order valence-corrected chi connectivity index (χ3v) is 6.89. The van der Waals surface area contributed by atoms with Crippen LogP contribution in [0.1, 0.15) is 44.0 Å². The van der Waals surface area contributed by atoms with Gasteiger partial charge in [0.1, 0.15) is 18.4 Å². The number of benzene rings is 1. The Labute approximate surface area is 213 Å². The average molecular weight is 515 g/mol. The predicted octanol–water partition coefficient (Wildman–Crippen LogP) is 3.45. The van der Waals surface area contributed by atoms with Crippen LogP contribution >= 0.6 is 11.3 Å². The first-order valence-corrected chi connectivity index (χ1v) is 13.0. The van der Waals surface area contributed by atoms with Crippen LogP contribution in [-0.4, -0.2) is 62.7 Å². The van der Waals surface area contributed by atoms with E-state index in [-0.39, 0.29) is 36.1 Å². The van der Waals surface area contributed by atoms with Crippen LogP contribution in [-0.2, 0) is 20.9 Å². The van der Waals surface area contributed by atoms with Crippen LogP contribution in [0.4, 0.5) is 4.39 Å². The summed E-state index contributed by atoms with van der Waals surface area (Å²) in [5.41, 5.74) is 0.590. The van der Waals surface area contributed by atoms with E-state index < -0.39 is 6.04 Å². The maximum absolute atomic E-state index is 13.6. The number of nitrogens with one attached hydrogen (secondary N) is 1. The molecule has 2 aromatic heterocycles. The third-order valence-electron chi connectivity index (χ3n) is 5.97. The van der Waals surface area contributed by atoms with E-state index in [1.165, 1.54) is 28.3 Å². The van der Waals surface area contributed by atoms with Crippen molar-refractivity contribution < 1.29 is 18.7 Å². The molecule has 0 spiro atoms. The fraction of sp³-hybridized carbons (Fsp3) is 0.480. The molecule has 1 N–H and O–H groups in total. The molecule has 0 radical (unpaired) electrons. The number of thiophene rings is 1. The first kappa shape index (κ1) is 25.9. The summed E-state index contributed by atoms with van der Waals surface area (Å²) in [5, 5.41) is 17.2. The molecule has 2 atom stereocenters. The van der Waals surface area contributed by atoms with Crippen LogP contribution in [0.2, 0.25) is 0 Å². The first-order chi connectivity index (χ1) is 17.4. The monoisotopic (exact) mass is 514 g/mol. The summed E-state index contributed by atoms with van der Waals surface area (Å²) in [6, 6.07) is 8.69. The maximum atomic E-state index is 13.6. The van der Waals surface area contributed by atoms with E-state index in [0.717, 1.165) is 24.1 Å². The van der Waals surface area contributed by atoms with Crippen molar-refractivity contribution in [1.29, 1.82) is 0 Å². The molecule has 3 aromatic rings. The molecule has 1 fully saturated rings. The van der Waals surface area contributed by atoms with Gasteiger partial charge in [0.15, 0.2) is 0 Å². The molecule has 0 saturated carbocycles. The highest BCUT2D eigenvalue weighted by atomic mass is 32.1. The Balaban J connectivity index is 1.55. The van der Waals surface area contributed by atoms with E-state index in [0.29, 0.717) is 31.2 Å². The fourth-order valence-electron chi connectivity index (χ4n) is 4.05. The van der Waals surface area contributed by atoms with E-state index in [1.807, 2.05) is 17.5 Å². The maximum Gasteiger partial charge on any atom is 0.248 e. The van der Waals surface area contributed by atoms with Gasteiger partial charge in [-0.15, -0.1) is 21.5 Å². The summed E-state index contributed by atoms with van der Waals surface area (Å²) in [5.74, 6) is -0.162. The highest BCUT2D eigenvalue weighted by molar-refractivity contribution is 7.10. The number of amides is 2. The predicted molar refractivity (Wildman–Crippen MR) is 133 cm³/mol. The van der Waals surface area contributed by atoms with Gasteiger partial charge in [-0.1, -0.05) is 19.9 Å². The first-order valence-electron chi connectivity index (χ1n) is 12.2. The summed E-state index contributed by atoms with van der Waals surface area (Å²) < 4.78 is 19.1. The normalized spacial score (nSPS) is 16.3. The number of hydrogen-bond donors (Lipinski definition) is 1. The van der Waals surface area contributed by atoms with E-state index >= 15 is 0 Å². The molecule has 0 bridgehead atoms. The number of rotatable bonds is 11. The summed E-state index contributed by atoms with van der Waals surface area (Å²) in [7, 11) is 0. The van der Waals surface area contributed by atoms with Crippen molar-refractivity contribution in [3.63, 3.8) is 0 Å². The van der Waals surface area contributed by atoms with Crippen molar-refractivity contribution in [1.82, 2.24) is 30.4 Å². The molecule has 1 aliphatic heterocycles. The summed E-state index contributed by atoms with van der Waals surface area (Å²) in [6.07, 6.45) is 2.45. The van der Waals surface area contributed by atoms with E-state index in [2.05, 4.69) is 34.6 Å². The molecule has 2 amide bonds. The number of ether oxygens (including phenoxy) is 1. The smallest absolute Gasteiger partial charge is 0.248 e. The lowest BCUT2D eigenvalue weighted by molar-refractivity contribution is -0.143. The number of halogens is 1. The molecule has 1 aliphatic rings. The second-order valence-electron chi connectivity index (χ2n) is 9.22. The van der Waals surface area contributed by atoms with Crippen molar-refractivity contribution in [3.8, 4) is 11.4 Å². The zero-order valence-electron chi connectivity index (χ0n) is 20.5. The van der Waals surface area contributed by atoms with E-state index in [1.54, 1.807) is 17.0 Å². The molecule has 36 heavy (non-hydrogen) atoms. The average Bonchev–Trinajstić information content (AvgIpc) is 3.63. The SMILES string of the molecule is CC(C)CCNC(=O)[C@H](c1cccs1)N(C[C@@H]1CCCO1)C(=O)Cn1nnc(-c2ccc(F)cc2)n1. The fourth-order valence-corrected chi connectivity index (χ4v) is 4.88. The molecule has 1 aromatic carbocycles. The summed E-state index contributed by atoms with van der Waals surface area (Å²) in [4.78, 5) is 30.6. The van der Waals surface area contributed by atoms with Gasteiger partial charge in [-0.25, -0.2) is 4.39 Å². The lowest BCUT2D eigenvalue weighted by Gasteiger charge is -2.32. The Kier molecular flexibility index (Phi) is 8.76. The number of hydrogen-bond acceptors (Lipinski definition) is 7. The highest BCUT2D eigenvalue weighted by Gasteiger charge is 2.35. The molecule has 1 saturated heterocycles. The van der Waals surface area contributed by atoms with Gasteiger partial charge in [0, 0.05) is 30.1 Å². The minimum Gasteiger partial charge on any atom is -0.376 e. The van der Waals surface area contributed by atoms with Crippen molar-refractivity contribution >= 4 is 23.2 Å². The lowest BCUT2D eigenvalue weighted by atomic mass is 10.1. The standard InChI is InChI=1S/C25H31FN6O3S/c1-17(2)11-12-27-25(34)23(21-6-4-14-36-21)31(15-20-5-3-13-35-20)22(33)16-32-29-24(28-30-32)18-7-9-19(26)10-8-18/h4,6-10,14,17,20,23H,3,5,11-13,15-16H2,1-2H3,(H,27,34)/t20-,23-/m0/s1. The molecule has 9 nitrogen and oxygen atoms in total. The van der Waals surface area contributed by atoms with Gasteiger partial charge in [0.25, 0.3) is 0 Å². The van der Waals surface area contributed by atoms with Gasteiger partial charge in [-0.05, 0) is 66.1 Å². The van der Waals surface area contributed by atoms with E-state index in [9.17, 15) is 14.0 Å². The van der Waals surface area contributed by atoms with Crippen LogP contribution < -0.4 is 5.32 Å². The second kappa shape index (κ2) is 12.2. The Morgan fingerprint density at radius 2 is 2.08 bits per heavy atom. The van der Waals surface area contributed by atoms with Gasteiger partial charge >= 0.3 is 0 Å². The van der Waals surface area contributed by atoms with Crippen LogP contribution in [0.5, 0.6) is 0 Å². The molecular weight excluding hydrogens is 483 g/mol. The van der Waals surface area contributed by atoms with Gasteiger partial charge in [-0.2, -0.15) is 4.80 Å². The Morgan fingerprint density at radius 1 is 1.28 bits per heavy atom. The molecule has 0 unspecified atom stereocenters. The number of aromatic nitrogens is 4. The summed E-state index contributed by atoms with van der Waals surface area (Å²) in [6.45, 7) is 5.47. The highest BCUT2D eigenvalue weighted by Crippen LogP contribution is 2.28.